The van der Waals surface area contributed by atoms with Crippen LogP contribution in [0.5, 0.6) is 11.5 Å². The van der Waals surface area contributed by atoms with E-state index in [9.17, 15) is 9.59 Å². The highest BCUT2D eigenvalue weighted by Gasteiger charge is 2.22. The topological polar surface area (TPSA) is 134 Å². The van der Waals surface area contributed by atoms with Crippen LogP contribution in [0.1, 0.15) is 42.4 Å². The molecule has 2 aromatic carbocycles. The molecule has 0 unspecified atom stereocenters. The van der Waals surface area contributed by atoms with Gasteiger partial charge < -0.3 is 15.3 Å². The number of hydrogen-bond acceptors (Lipinski definition) is 9. The number of hydrogen-bond donors (Lipinski definition) is 2. The molecular weight excluding hydrogens is 492 g/mol. The van der Waals surface area contributed by atoms with Crippen molar-refractivity contribution in [3.05, 3.63) is 74.1 Å². The van der Waals surface area contributed by atoms with Gasteiger partial charge in [-0.1, -0.05) is 48.8 Å². The molecule has 0 amide bonds. The van der Waals surface area contributed by atoms with Gasteiger partial charge in [0.1, 0.15) is 22.8 Å². The van der Waals surface area contributed by atoms with Gasteiger partial charge in [-0.05, 0) is 30.3 Å². The van der Waals surface area contributed by atoms with E-state index < -0.39 is 16.9 Å². The van der Waals surface area contributed by atoms with Crippen LogP contribution in [0.2, 0.25) is 0 Å². The highest BCUT2D eigenvalue weighted by atomic mass is 79.9. The Morgan fingerprint density at radius 2 is 1.91 bits per heavy atom. The smallest absolute Gasteiger partial charge is 0.347 e. The fraction of sp³-hybridized carbons (Fsp3) is 0.227. The number of hydrazone groups is 1. The third kappa shape index (κ3) is 5.55. The van der Waals surface area contributed by atoms with Gasteiger partial charge in [0.25, 0.3) is 11.5 Å². The van der Waals surface area contributed by atoms with E-state index >= 15 is 0 Å². The lowest BCUT2D eigenvalue weighted by Gasteiger charge is -2.17. The molecule has 1 aromatic heterocycles. The summed E-state index contributed by atoms with van der Waals surface area (Å²) in [5.41, 5.74) is 2.59. The summed E-state index contributed by atoms with van der Waals surface area (Å²) >= 11 is 3.38. The van der Waals surface area contributed by atoms with Gasteiger partial charge in [0, 0.05) is 15.5 Å². The number of nitrogens with zero attached hydrogens (tertiary/aromatic N) is 4. The highest BCUT2D eigenvalue weighted by molar-refractivity contribution is 9.10. The number of rotatable bonds is 6. The van der Waals surface area contributed by atoms with Crippen LogP contribution >= 0.6 is 15.9 Å². The van der Waals surface area contributed by atoms with Crippen molar-refractivity contribution in [3.8, 4) is 11.5 Å². The first-order chi connectivity index (χ1) is 15.6. The number of anilines is 1. The summed E-state index contributed by atoms with van der Waals surface area (Å²) in [6.45, 7) is 5.51. The molecule has 0 fully saturated rings. The summed E-state index contributed by atoms with van der Waals surface area (Å²) in [5.74, 6) is 5.87. The Kier molecular flexibility index (Phi) is 7.12. The second-order valence-electron chi connectivity index (χ2n) is 7.94. The lowest BCUT2D eigenvalue weighted by molar-refractivity contribution is 0.0731. The first kappa shape index (κ1) is 23.9. The van der Waals surface area contributed by atoms with Crippen molar-refractivity contribution in [2.24, 2.45) is 5.10 Å². The Balaban J connectivity index is 1.84. The Labute approximate surface area is 198 Å². The fourth-order valence-electron chi connectivity index (χ4n) is 2.79. The largest absolute Gasteiger partial charge is 0.496 e. The fourth-order valence-corrected chi connectivity index (χ4v) is 3.17. The molecule has 0 saturated heterocycles. The van der Waals surface area contributed by atoms with Gasteiger partial charge in [-0.15, -0.1) is 10.2 Å². The van der Waals surface area contributed by atoms with Gasteiger partial charge in [0.05, 0.1) is 13.3 Å². The number of halogens is 1. The molecule has 3 aromatic rings. The quantitative estimate of drug-likeness (QED) is 0.168. The van der Waals surface area contributed by atoms with Crippen LogP contribution < -0.4 is 26.3 Å². The molecule has 3 rings (SSSR count). The average Bonchev–Trinajstić information content (AvgIpc) is 2.77. The molecule has 0 aliphatic carbocycles. The van der Waals surface area contributed by atoms with Gasteiger partial charge in [0.15, 0.2) is 0 Å². The van der Waals surface area contributed by atoms with E-state index in [1.165, 1.54) is 13.3 Å². The van der Waals surface area contributed by atoms with Gasteiger partial charge in [-0.2, -0.15) is 9.78 Å². The normalized spacial score (nSPS) is 11.4. The van der Waals surface area contributed by atoms with Crippen LogP contribution in [0, 0.1) is 0 Å². The van der Waals surface area contributed by atoms with Crippen LogP contribution in [-0.4, -0.2) is 34.2 Å². The van der Waals surface area contributed by atoms with E-state index in [-0.39, 0.29) is 23.0 Å². The Hall–Kier alpha value is -3.73. The maximum Gasteiger partial charge on any atom is 0.347 e. The van der Waals surface area contributed by atoms with Crippen molar-refractivity contribution < 1.29 is 14.3 Å². The molecule has 0 atom stereocenters. The molecule has 1 heterocycles. The summed E-state index contributed by atoms with van der Waals surface area (Å²) in [6, 6.07) is 11.8. The molecule has 172 valence electrons. The maximum absolute atomic E-state index is 12.7. The number of carbonyl (C=O) groups excluding carboxylic acids is 1. The summed E-state index contributed by atoms with van der Waals surface area (Å²) in [5, 5.41) is 12.0. The molecule has 11 heteroatoms. The number of aromatic nitrogens is 3. The number of benzene rings is 2. The number of nitrogens with two attached hydrogens (primary N) is 1. The van der Waals surface area contributed by atoms with Crippen molar-refractivity contribution in [1.29, 1.82) is 0 Å². The lowest BCUT2D eigenvalue weighted by Crippen LogP contribution is -2.38. The van der Waals surface area contributed by atoms with Gasteiger partial charge in [-0.3, -0.25) is 4.79 Å². The minimum atomic E-state index is -0.586. The molecule has 0 radical (unpaired) electrons. The summed E-state index contributed by atoms with van der Waals surface area (Å²) in [4.78, 5) is 25.1. The minimum absolute atomic E-state index is 0.0492. The molecule has 0 aliphatic rings. The third-order valence-corrected chi connectivity index (χ3v) is 4.97. The van der Waals surface area contributed by atoms with E-state index in [4.69, 9.17) is 15.3 Å². The first-order valence-corrected chi connectivity index (χ1v) is 10.6. The number of methoxy groups -OCH3 is 1. The zero-order valence-corrected chi connectivity index (χ0v) is 20.1. The minimum Gasteiger partial charge on any atom is -0.496 e. The molecule has 0 aliphatic heterocycles. The second-order valence-corrected chi connectivity index (χ2v) is 8.85. The lowest BCUT2D eigenvalue weighted by atomic mass is 9.93. The molecule has 0 spiro atoms. The van der Waals surface area contributed by atoms with Crippen LogP contribution in [-0.2, 0) is 5.41 Å². The SMILES string of the molecule is COc1ccccc1C(=O)Oc1ccc(Br)cc1C=NNc1nnc(C(C)(C)C)c(=O)n1N. The number of carbonyl (C=O) groups is 1. The van der Waals surface area contributed by atoms with E-state index in [1.54, 1.807) is 42.5 Å². The molecule has 10 nitrogen and oxygen atoms in total. The zero-order chi connectivity index (χ0) is 24.2. The number of nitrogens with one attached hydrogen (secondary N) is 1. The zero-order valence-electron chi connectivity index (χ0n) is 18.5. The first-order valence-electron chi connectivity index (χ1n) is 9.81. The summed E-state index contributed by atoms with van der Waals surface area (Å²) in [6.07, 6.45) is 1.40. The molecular formula is C22H23BrN6O4. The van der Waals surface area contributed by atoms with Crippen molar-refractivity contribution >= 4 is 34.1 Å². The second kappa shape index (κ2) is 9.82. The van der Waals surface area contributed by atoms with Crippen LogP contribution in [0.4, 0.5) is 5.95 Å². The monoisotopic (exact) mass is 514 g/mol. The third-order valence-electron chi connectivity index (χ3n) is 4.47. The van der Waals surface area contributed by atoms with Crippen molar-refractivity contribution in [1.82, 2.24) is 14.9 Å². The number of para-hydroxylation sites is 1. The number of nitrogen functional groups attached to an aromatic ring is 1. The van der Waals surface area contributed by atoms with E-state index in [0.29, 0.717) is 11.3 Å². The summed E-state index contributed by atoms with van der Waals surface area (Å²) < 4.78 is 12.4. The van der Waals surface area contributed by atoms with E-state index in [0.717, 1.165) is 9.15 Å². The van der Waals surface area contributed by atoms with Gasteiger partial charge >= 0.3 is 5.97 Å². The molecule has 0 saturated carbocycles. The maximum atomic E-state index is 12.7. The standard InChI is InChI=1S/C22H23BrN6O4/c1-22(2,3)18-19(30)29(24)21(28-26-18)27-25-12-13-11-14(23)9-10-16(13)33-20(31)15-7-5-6-8-17(15)32-4/h5-12H,24H2,1-4H3,(H,27,28). The van der Waals surface area contributed by atoms with Crippen molar-refractivity contribution in [2.45, 2.75) is 26.2 Å². The predicted octanol–water partition coefficient (Wildman–Crippen LogP) is 3.09. The van der Waals surface area contributed by atoms with Crippen LogP contribution in [0.3, 0.4) is 0 Å². The highest BCUT2D eigenvalue weighted by Crippen LogP contribution is 2.25. The van der Waals surface area contributed by atoms with Gasteiger partial charge in [0.2, 0.25) is 0 Å². The Morgan fingerprint density at radius 3 is 2.61 bits per heavy atom. The average molecular weight is 515 g/mol. The predicted molar refractivity (Wildman–Crippen MR) is 128 cm³/mol. The van der Waals surface area contributed by atoms with E-state index in [2.05, 4.69) is 36.7 Å². The molecule has 0 bridgehead atoms. The van der Waals surface area contributed by atoms with Crippen molar-refractivity contribution in [3.63, 3.8) is 0 Å². The van der Waals surface area contributed by atoms with Crippen molar-refractivity contribution in [2.75, 3.05) is 18.4 Å². The van der Waals surface area contributed by atoms with Crippen LogP contribution in [0.25, 0.3) is 0 Å². The summed E-state index contributed by atoms with van der Waals surface area (Å²) in [7, 11) is 1.48. The Morgan fingerprint density at radius 1 is 1.18 bits per heavy atom. The molecule has 3 N–H and O–H groups in total. The van der Waals surface area contributed by atoms with E-state index in [1.807, 2.05) is 20.8 Å². The number of esters is 1. The Bertz CT molecular complexity index is 1270. The van der Waals surface area contributed by atoms with Crippen LogP contribution in [0.15, 0.2) is 56.8 Å². The number of ether oxygens (including phenoxy) is 2. The molecule has 33 heavy (non-hydrogen) atoms. The van der Waals surface area contributed by atoms with Gasteiger partial charge in [-0.25, -0.2) is 10.2 Å².